The van der Waals surface area contributed by atoms with Crippen molar-refractivity contribution in [2.45, 2.75) is 19.9 Å². The van der Waals surface area contributed by atoms with Crippen LogP contribution in [0.1, 0.15) is 28.7 Å². The van der Waals surface area contributed by atoms with Gasteiger partial charge in [-0.15, -0.1) is 5.10 Å². The zero-order valence-corrected chi connectivity index (χ0v) is 12.9. The summed E-state index contributed by atoms with van der Waals surface area (Å²) in [4.78, 5) is 12.4. The Morgan fingerprint density at radius 1 is 1.04 bits per heavy atom. The van der Waals surface area contributed by atoms with Gasteiger partial charge in [0.15, 0.2) is 5.69 Å². The number of nitrogens with one attached hydrogen (secondary N) is 1. The van der Waals surface area contributed by atoms with Gasteiger partial charge in [0.05, 0.1) is 11.4 Å². The van der Waals surface area contributed by atoms with E-state index >= 15 is 0 Å². The van der Waals surface area contributed by atoms with Crippen molar-refractivity contribution in [3.63, 3.8) is 0 Å². The van der Waals surface area contributed by atoms with E-state index in [2.05, 4.69) is 15.6 Å². The van der Waals surface area contributed by atoms with Crippen LogP contribution >= 0.6 is 0 Å². The fourth-order valence-corrected chi connectivity index (χ4v) is 2.43. The van der Waals surface area contributed by atoms with Crippen LogP contribution in [0.15, 0.2) is 60.7 Å². The van der Waals surface area contributed by atoms with E-state index in [4.69, 9.17) is 0 Å². The Labute approximate surface area is 135 Å². The van der Waals surface area contributed by atoms with Gasteiger partial charge in [-0.25, -0.2) is 4.68 Å². The average molecular weight is 306 g/mol. The summed E-state index contributed by atoms with van der Waals surface area (Å²) in [6, 6.07) is 19.5. The molecule has 0 spiro atoms. The van der Waals surface area contributed by atoms with E-state index in [9.17, 15) is 4.79 Å². The summed E-state index contributed by atoms with van der Waals surface area (Å²) in [6.07, 6.45) is 0.677. The largest absolute Gasteiger partial charge is 0.347 e. The van der Waals surface area contributed by atoms with E-state index in [1.54, 1.807) is 4.68 Å². The predicted octanol–water partition coefficient (Wildman–Crippen LogP) is 2.76. The van der Waals surface area contributed by atoms with E-state index in [1.807, 2.05) is 67.6 Å². The molecule has 0 radical (unpaired) electrons. The second-order valence-corrected chi connectivity index (χ2v) is 5.15. The Morgan fingerprint density at radius 3 is 2.35 bits per heavy atom. The fraction of sp³-hybridized carbons (Fsp3) is 0.167. The molecule has 0 unspecified atom stereocenters. The molecule has 23 heavy (non-hydrogen) atoms. The number of amides is 1. The highest BCUT2D eigenvalue weighted by Crippen LogP contribution is 2.13. The first-order chi connectivity index (χ1) is 11.3. The molecular formula is C18H18N4O. The van der Waals surface area contributed by atoms with Gasteiger partial charge in [0, 0.05) is 6.54 Å². The number of hydrogen-bond acceptors (Lipinski definition) is 3. The third-order valence-electron chi connectivity index (χ3n) is 3.61. The molecule has 0 aliphatic rings. The lowest BCUT2D eigenvalue weighted by Gasteiger charge is -2.07. The first-order valence-corrected chi connectivity index (χ1v) is 7.61. The predicted molar refractivity (Wildman–Crippen MR) is 88.3 cm³/mol. The van der Waals surface area contributed by atoms with Crippen LogP contribution < -0.4 is 5.32 Å². The zero-order valence-electron chi connectivity index (χ0n) is 12.9. The molecule has 0 saturated carbocycles. The summed E-state index contributed by atoms with van der Waals surface area (Å²) in [5.74, 6) is -0.201. The lowest BCUT2D eigenvalue weighted by molar-refractivity contribution is 0.0945. The van der Waals surface area contributed by atoms with Crippen molar-refractivity contribution >= 4 is 5.91 Å². The van der Waals surface area contributed by atoms with Gasteiger partial charge in [-0.1, -0.05) is 60.7 Å². The second kappa shape index (κ2) is 6.87. The molecule has 2 aromatic carbocycles. The lowest BCUT2D eigenvalue weighted by atomic mass is 10.2. The topological polar surface area (TPSA) is 59.8 Å². The van der Waals surface area contributed by atoms with Crippen LogP contribution in [0, 0.1) is 0 Å². The molecular weight excluding hydrogens is 288 g/mol. The van der Waals surface area contributed by atoms with Crippen molar-refractivity contribution in [3.8, 4) is 5.69 Å². The van der Waals surface area contributed by atoms with Crippen molar-refractivity contribution < 1.29 is 4.79 Å². The minimum absolute atomic E-state index is 0.201. The van der Waals surface area contributed by atoms with Gasteiger partial charge in [-0.2, -0.15) is 0 Å². The van der Waals surface area contributed by atoms with E-state index in [1.165, 1.54) is 0 Å². The van der Waals surface area contributed by atoms with Gasteiger partial charge in [0.1, 0.15) is 0 Å². The molecule has 5 heteroatoms. The molecule has 1 N–H and O–H groups in total. The van der Waals surface area contributed by atoms with E-state index in [0.717, 1.165) is 16.9 Å². The minimum atomic E-state index is -0.201. The van der Waals surface area contributed by atoms with Crippen LogP contribution in [0.25, 0.3) is 5.69 Å². The highest BCUT2D eigenvalue weighted by atomic mass is 16.2. The molecule has 3 aromatic rings. The molecule has 0 aliphatic heterocycles. The molecule has 1 heterocycles. The number of nitrogens with zero attached hydrogens (tertiary/aromatic N) is 3. The number of aromatic nitrogens is 3. The smallest absolute Gasteiger partial charge is 0.274 e. The minimum Gasteiger partial charge on any atom is -0.347 e. The maximum atomic E-state index is 12.4. The van der Waals surface area contributed by atoms with Crippen molar-refractivity contribution in [1.82, 2.24) is 20.3 Å². The summed E-state index contributed by atoms with van der Waals surface area (Å²) < 4.78 is 1.72. The lowest BCUT2D eigenvalue weighted by Crippen LogP contribution is -2.24. The van der Waals surface area contributed by atoms with Gasteiger partial charge >= 0.3 is 0 Å². The van der Waals surface area contributed by atoms with Crippen molar-refractivity contribution in [1.29, 1.82) is 0 Å². The molecule has 3 rings (SSSR count). The van der Waals surface area contributed by atoms with Crippen LogP contribution in [0.3, 0.4) is 0 Å². The third-order valence-corrected chi connectivity index (χ3v) is 3.61. The Kier molecular flexibility index (Phi) is 4.47. The summed E-state index contributed by atoms with van der Waals surface area (Å²) in [7, 11) is 0. The SMILES string of the molecule is CCc1c(C(=O)NCc2ccccc2)nnn1-c1ccccc1. The van der Waals surface area contributed by atoms with Gasteiger partial charge in [-0.05, 0) is 24.1 Å². The van der Waals surface area contributed by atoms with E-state index < -0.39 is 0 Å². The van der Waals surface area contributed by atoms with Crippen molar-refractivity contribution in [2.24, 2.45) is 0 Å². The normalized spacial score (nSPS) is 10.5. The molecule has 0 saturated heterocycles. The maximum absolute atomic E-state index is 12.4. The number of benzene rings is 2. The van der Waals surface area contributed by atoms with Crippen molar-refractivity contribution in [2.75, 3.05) is 0 Å². The molecule has 0 bridgehead atoms. The summed E-state index contributed by atoms with van der Waals surface area (Å²) in [5.41, 5.74) is 3.14. The van der Waals surface area contributed by atoms with Crippen molar-refractivity contribution in [3.05, 3.63) is 77.6 Å². The standard InChI is InChI=1S/C18H18N4O/c1-2-16-17(18(23)19-13-14-9-5-3-6-10-14)20-21-22(16)15-11-7-4-8-12-15/h3-12H,2,13H2,1H3,(H,19,23). The Morgan fingerprint density at radius 2 is 1.70 bits per heavy atom. The fourth-order valence-electron chi connectivity index (χ4n) is 2.43. The first kappa shape index (κ1) is 15.0. The van der Waals surface area contributed by atoms with Crippen LogP contribution in [-0.2, 0) is 13.0 Å². The third kappa shape index (κ3) is 3.29. The second-order valence-electron chi connectivity index (χ2n) is 5.15. The Bertz CT molecular complexity index is 781. The highest BCUT2D eigenvalue weighted by Gasteiger charge is 2.18. The molecule has 1 aromatic heterocycles. The molecule has 116 valence electrons. The quantitative estimate of drug-likeness (QED) is 0.788. The van der Waals surface area contributed by atoms with Crippen LogP contribution in [0.4, 0.5) is 0 Å². The van der Waals surface area contributed by atoms with E-state index in [0.29, 0.717) is 18.7 Å². The Balaban J connectivity index is 1.80. The monoisotopic (exact) mass is 306 g/mol. The average Bonchev–Trinajstić information content (AvgIpc) is 3.05. The number of para-hydroxylation sites is 1. The maximum Gasteiger partial charge on any atom is 0.274 e. The van der Waals surface area contributed by atoms with Crippen LogP contribution in [0.2, 0.25) is 0 Å². The summed E-state index contributed by atoms with van der Waals surface area (Å²) in [6.45, 7) is 2.47. The molecule has 0 aliphatic carbocycles. The molecule has 1 amide bonds. The zero-order chi connectivity index (χ0) is 16.1. The van der Waals surface area contributed by atoms with Gasteiger partial charge in [0.25, 0.3) is 5.91 Å². The van der Waals surface area contributed by atoms with Crippen LogP contribution in [0.5, 0.6) is 0 Å². The molecule has 0 fully saturated rings. The van der Waals surface area contributed by atoms with E-state index in [-0.39, 0.29) is 5.91 Å². The number of rotatable bonds is 5. The summed E-state index contributed by atoms with van der Waals surface area (Å²) >= 11 is 0. The van der Waals surface area contributed by atoms with Crippen LogP contribution in [-0.4, -0.2) is 20.9 Å². The molecule has 5 nitrogen and oxygen atoms in total. The summed E-state index contributed by atoms with van der Waals surface area (Å²) in [5, 5.41) is 11.1. The number of carbonyl (C=O) groups is 1. The Hall–Kier alpha value is -2.95. The first-order valence-electron chi connectivity index (χ1n) is 7.61. The van der Waals surface area contributed by atoms with Gasteiger partial charge < -0.3 is 5.32 Å². The number of hydrogen-bond donors (Lipinski definition) is 1. The van der Waals surface area contributed by atoms with Gasteiger partial charge in [-0.3, -0.25) is 4.79 Å². The number of carbonyl (C=O) groups excluding carboxylic acids is 1. The molecule has 0 atom stereocenters. The van der Waals surface area contributed by atoms with Gasteiger partial charge in [0.2, 0.25) is 0 Å². The highest BCUT2D eigenvalue weighted by molar-refractivity contribution is 5.93.